The van der Waals surface area contributed by atoms with Crippen LogP contribution in [0.2, 0.25) is 0 Å². The van der Waals surface area contributed by atoms with Crippen molar-refractivity contribution in [3.05, 3.63) is 90.0 Å². The molecule has 1 aliphatic heterocycles. The van der Waals surface area contributed by atoms with Gasteiger partial charge in [-0.25, -0.2) is 4.79 Å². The molecule has 0 aliphatic carbocycles. The summed E-state index contributed by atoms with van der Waals surface area (Å²) in [5.41, 5.74) is 4.27. The van der Waals surface area contributed by atoms with Gasteiger partial charge in [-0.15, -0.1) is 0 Å². The number of rotatable bonds is 6. The van der Waals surface area contributed by atoms with E-state index < -0.39 is 12.0 Å². The molecule has 4 rings (SSSR count). The number of aryl methyl sites for hydroxylation is 1. The molecule has 3 aromatic rings. The van der Waals surface area contributed by atoms with E-state index in [1.807, 2.05) is 78.9 Å². The third kappa shape index (κ3) is 4.86. The lowest BCUT2D eigenvalue weighted by Gasteiger charge is -2.32. The number of hydrogen-bond acceptors (Lipinski definition) is 5. The van der Waals surface area contributed by atoms with E-state index >= 15 is 0 Å². The summed E-state index contributed by atoms with van der Waals surface area (Å²) in [4.78, 5) is 32.8. The van der Waals surface area contributed by atoms with Crippen LogP contribution in [0.5, 0.6) is 0 Å². The second-order valence-corrected chi connectivity index (χ2v) is 8.22. The standard InChI is InChI=1S/C27H26N2O3S/c1-32-27(31)23(17-18-33)28-25-16-15-20-11-5-8-14-24(20)29(25)26(30)22-13-7-6-12-21(22)19-9-3-2-4-10-19/h2-14,23,33H,15-18H2,1H3/t23-/m0/s1. The van der Waals surface area contributed by atoms with E-state index in [2.05, 4.69) is 12.6 Å². The Labute approximate surface area is 199 Å². The summed E-state index contributed by atoms with van der Waals surface area (Å²) < 4.78 is 4.95. The number of ether oxygens (including phenoxy) is 1. The van der Waals surface area contributed by atoms with Gasteiger partial charge in [0.05, 0.1) is 12.8 Å². The average molecular weight is 459 g/mol. The maximum Gasteiger partial charge on any atom is 0.330 e. The van der Waals surface area contributed by atoms with Crippen LogP contribution in [-0.4, -0.2) is 36.6 Å². The van der Waals surface area contributed by atoms with Crippen molar-refractivity contribution in [3.63, 3.8) is 0 Å². The van der Waals surface area contributed by atoms with Crippen molar-refractivity contribution in [2.24, 2.45) is 4.99 Å². The van der Waals surface area contributed by atoms with Crippen molar-refractivity contribution < 1.29 is 14.3 Å². The fourth-order valence-electron chi connectivity index (χ4n) is 4.12. The molecule has 3 aromatic carbocycles. The molecule has 0 unspecified atom stereocenters. The fraction of sp³-hybridized carbons (Fsp3) is 0.222. The smallest absolute Gasteiger partial charge is 0.330 e. The van der Waals surface area contributed by atoms with Gasteiger partial charge in [-0.2, -0.15) is 12.6 Å². The summed E-state index contributed by atoms with van der Waals surface area (Å²) in [6.45, 7) is 0. The lowest BCUT2D eigenvalue weighted by molar-refractivity contribution is -0.142. The second-order valence-electron chi connectivity index (χ2n) is 7.78. The summed E-state index contributed by atoms with van der Waals surface area (Å²) in [6.07, 6.45) is 1.73. The molecule has 0 fully saturated rings. The van der Waals surface area contributed by atoms with E-state index in [9.17, 15) is 9.59 Å². The van der Waals surface area contributed by atoms with Crippen LogP contribution >= 0.6 is 12.6 Å². The van der Waals surface area contributed by atoms with E-state index in [1.54, 1.807) is 4.90 Å². The Morgan fingerprint density at radius 1 is 0.970 bits per heavy atom. The van der Waals surface area contributed by atoms with E-state index in [0.717, 1.165) is 28.8 Å². The van der Waals surface area contributed by atoms with Crippen molar-refractivity contribution in [2.75, 3.05) is 17.8 Å². The summed E-state index contributed by atoms with van der Waals surface area (Å²) in [5, 5.41) is 0. The molecule has 33 heavy (non-hydrogen) atoms. The molecule has 1 amide bonds. The van der Waals surface area contributed by atoms with Gasteiger partial charge in [0.25, 0.3) is 5.91 Å². The lowest BCUT2D eigenvalue weighted by Crippen LogP contribution is -2.42. The third-order valence-corrected chi connectivity index (χ3v) is 5.99. The molecule has 0 saturated heterocycles. The minimum Gasteiger partial charge on any atom is -0.467 e. The third-order valence-electron chi connectivity index (χ3n) is 5.73. The number of nitrogens with zero attached hydrogens (tertiary/aromatic N) is 2. The van der Waals surface area contributed by atoms with Crippen LogP contribution in [0.4, 0.5) is 5.69 Å². The van der Waals surface area contributed by atoms with Crippen LogP contribution in [-0.2, 0) is 16.0 Å². The van der Waals surface area contributed by atoms with Gasteiger partial charge in [0.15, 0.2) is 0 Å². The number of fused-ring (bicyclic) bond motifs is 1. The highest BCUT2D eigenvalue weighted by molar-refractivity contribution is 7.80. The molecule has 1 aliphatic rings. The van der Waals surface area contributed by atoms with Gasteiger partial charge in [0.2, 0.25) is 0 Å². The lowest BCUT2D eigenvalue weighted by atomic mass is 9.96. The predicted octanol–water partition coefficient (Wildman–Crippen LogP) is 5.21. The minimum atomic E-state index is -0.701. The number of esters is 1. The molecule has 0 radical (unpaired) electrons. The first-order valence-corrected chi connectivity index (χ1v) is 11.6. The Morgan fingerprint density at radius 3 is 2.42 bits per heavy atom. The van der Waals surface area contributed by atoms with E-state index in [4.69, 9.17) is 9.73 Å². The van der Waals surface area contributed by atoms with Gasteiger partial charge in [0, 0.05) is 12.0 Å². The molecular formula is C27H26N2O3S. The number of carbonyl (C=O) groups is 2. The quantitative estimate of drug-likeness (QED) is 0.408. The van der Waals surface area contributed by atoms with Gasteiger partial charge < -0.3 is 4.74 Å². The molecule has 168 valence electrons. The Kier molecular flexibility index (Phi) is 7.25. The average Bonchev–Trinajstić information content (AvgIpc) is 2.88. The number of amidine groups is 1. The van der Waals surface area contributed by atoms with Crippen molar-refractivity contribution >= 4 is 36.0 Å². The highest BCUT2D eigenvalue weighted by Gasteiger charge is 2.31. The molecule has 0 aromatic heterocycles. The Bertz CT molecular complexity index is 1180. The van der Waals surface area contributed by atoms with Gasteiger partial charge in [-0.3, -0.25) is 14.7 Å². The number of benzene rings is 3. The minimum absolute atomic E-state index is 0.171. The zero-order chi connectivity index (χ0) is 23.2. The number of thiol groups is 1. The zero-order valence-electron chi connectivity index (χ0n) is 18.5. The second kappa shape index (κ2) is 10.5. The molecular weight excluding hydrogens is 432 g/mol. The number of hydrogen-bond donors (Lipinski definition) is 1. The Balaban J connectivity index is 1.83. The maximum atomic E-state index is 14.1. The van der Waals surface area contributed by atoms with Crippen molar-refractivity contribution in [1.29, 1.82) is 0 Å². The predicted molar refractivity (Wildman–Crippen MR) is 135 cm³/mol. The summed E-state index contributed by atoms with van der Waals surface area (Å²) in [5.74, 6) is 0.457. The zero-order valence-corrected chi connectivity index (χ0v) is 19.4. The summed E-state index contributed by atoms with van der Waals surface area (Å²) in [7, 11) is 1.35. The van der Waals surface area contributed by atoms with Crippen LogP contribution in [0.15, 0.2) is 83.9 Å². The molecule has 6 heteroatoms. The van der Waals surface area contributed by atoms with Crippen LogP contribution in [0, 0.1) is 0 Å². The number of methoxy groups -OCH3 is 1. The molecule has 0 N–H and O–H groups in total. The fourth-order valence-corrected chi connectivity index (χ4v) is 4.36. The molecule has 1 atom stereocenters. The maximum absolute atomic E-state index is 14.1. The number of amides is 1. The van der Waals surface area contributed by atoms with Gasteiger partial charge in [0.1, 0.15) is 11.9 Å². The van der Waals surface area contributed by atoms with E-state index in [0.29, 0.717) is 30.0 Å². The Morgan fingerprint density at radius 2 is 1.67 bits per heavy atom. The molecule has 1 heterocycles. The van der Waals surface area contributed by atoms with Crippen LogP contribution in [0.25, 0.3) is 11.1 Å². The Hall–Kier alpha value is -3.38. The number of anilines is 1. The number of para-hydroxylation sites is 1. The number of aliphatic imine (C=N–C) groups is 1. The molecule has 0 saturated carbocycles. The van der Waals surface area contributed by atoms with Crippen molar-refractivity contribution in [2.45, 2.75) is 25.3 Å². The number of carbonyl (C=O) groups excluding carboxylic acids is 2. The van der Waals surface area contributed by atoms with Gasteiger partial charge in [-0.1, -0.05) is 66.7 Å². The largest absolute Gasteiger partial charge is 0.467 e. The highest BCUT2D eigenvalue weighted by Crippen LogP contribution is 2.32. The highest BCUT2D eigenvalue weighted by atomic mass is 32.1. The topological polar surface area (TPSA) is 59.0 Å². The van der Waals surface area contributed by atoms with Crippen LogP contribution < -0.4 is 4.90 Å². The van der Waals surface area contributed by atoms with E-state index in [-0.39, 0.29) is 5.91 Å². The molecule has 5 nitrogen and oxygen atoms in total. The normalized spacial score (nSPS) is 15.1. The van der Waals surface area contributed by atoms with E-state index in [1.165, 1.54) is 7.11 Å². The van der Waals surface area contributed by atoms with Gasteiger partial charge in [-0.05, 0) is 47.4 Å². The SMILES string of the molecule is COC(=O)[C@H](CCS)N=C1CCc2ccccc2N1C(=O)c1ccccc1-c1ccccc1. The first-order chi connectivity index (χ1) is 16.1. The molecule has 0 bridgehead atoms. The summed E-state index contributed by atoms with van der Waals surface area (Å²) in [6, 6.07) is 24.6. The van der Waals surface area contributed by atoms with Gasteiger partial charge >= 0.3 is 5.97 Å². The monoisotopic (exact) mass is 458 g/mol. The first-order valence-electron chi connectivity index (χ1n) is 11.0. The van der Waals surface area contributed by atoms with Crippen LogP contribution in [0.1, 0.15) is 28.8 Å². The molecule has 0 spiro atoms. The van der Waals surface area contributed by atoms with Crippen molar-refractivity contribution in [3.8, 4) is 11.1 Å². The first kappa shape index (κ1) is 22.8. The van der Waals surface area contributed by atoms with Crippen molar-refractivity contribution in [1.82, 2.24) is 0 Å². The summed E-state index contributed by atoms with van der Waals surface area (Å²) >= 11 is 4.27. The van der Waals surface area contributed by atoms with Crippen LogP contribution in [0.3, 0.4) is 0 Å².